The molecule has 2 aromatic heterocycles. The lowest BCUT2D eigenvalue weighted by atomic mass is 10.3. The van der Waals surface area contributed by atoms with Gasteiger partial charge < -0.3 is 15.3 Å². The van der Waals surface area contributed by atoms with E-state index >= 15 is 0 Å². The predicted molar refractivity (Wildman–Crippen MR) is 79.1 cm³/mol. The minimum Gasteiger partial charge on any atom is -0.492 e. The number of rotatable bonds is 0. The quantitative estimate of drug-likeness (QED) is 0.424. The van der Waals surface area contributed by atoms with E-state index in [9.17, 15) is 0 Å². The van der Waals surface area contributed by atoms with Crippen LogP contribution >= 0.6 is 0 Å². The molecule has 0 fully saturated rings. The first-order valence-corrected chi connectivity index (χ1v) is 6.26. The number of fused-ring (bicyclic) bond motifs is 2. The van der Waals surface area contributed by atoms with E-state index in [1.165, 1.54) is 17.0 Å². The molecule has 0 unspecified atom stereocenters. The van der Waals surface area contributed by atoms with Gasteiger partial charge in [0, 0.05) is 23.2 Å². The molecule has 4 nitrogen and oxygen atoms in total. The number of hydrogen-bond acceptors (Lipinski definition) is 2. The summed E-state index contributed by atoms with van der Waals surface area (Å²) in [7, 11) is 0. The third-order valence-corrected chi connectivity index (χ3v) is 3.13. The topological polar surface area (TPSA) is 61.2 Å². The first kappa shape index (κ1) is 12.2. The average Bonchev–Trinajstić information content (AvgIpc) is 3.06. The molecule has 2 aromatic carbocycles. The average molecular weight is 266 g/mol. The number of H-pyrrole nitrogens is 1. The normalized spacial score (nSPS) is 10.4. The lowest BCUT2D eigenvalue weighted by Crippen LogP contribution is -1.86. The van der Waals surface area contributed by atoms with Gasteiger partial charge >= 0.3 is 0 Å². The van der Waals surface area contributed by atoms with E-state index in [4.69, 9.17) is 10.3 Å². The standard InChI is InChI=1S/C8H7NO2.C8H7N/c10-8-5-6-3-1-2-4-7(6)9(8)11;1-2-4-8-7(3-1)5-6-9-8/h1-5,10-11H;1-6,9H. The molecule has 100 valence electrons. The van der Waals surface area contributed by atoms with Crippen molar-refractivity contribution in [3.63, 3.8) is 0 Å². The van der Waals surface area contributed by atoms with Crippen LogP contribution in [0, 0.1) is 0 Å². The number of nitrogens with zero attached hydrogens (tertiary/aromatic N) is 1. The first-order chi connectivity index (χ1) is 9.75. The highest BCUT2D eigenvalue weighted by atomic mass is 16.5. The highest BCUT2D eigenvalue weighted by Crippen LogP contribution is 2.21. The Balaban J connectivity index is 0.000000123. The van der Waals surface area contributed by atoms with Gasteiger partial charge in [-0.25, -0.2) is 0 Å². The summed E-state index contributed by atoms with van der Waals surface area (Å²) in [6.45, 7) is 0. The van der Waals surface area contributed by atoms with Crippen LogP contribution in [0.5, 0.6) is 5.88 Å². The number of aromatic amines is 1. The lowest BCUT2D eigenvalue weighted by Gasteiger charge is -1.93. The first-order valence-electron chi connectivity index (χ1n) is 6.26. The monoisotopic (exact) mass is 266 g/mol. The Bertz CT molecular complexity index is 816. The smallest absolute Gasteiger partial charge is 0.225 e. The Morgan fingerprint density at radius 1 is 0.850 bits per heavy atom. The van der Waals surface area contributed by atoms with Crippen molar-refractivity contribution in [2.45, 2.75) is 0 Å². The summed E-state index contributed by atoms with van der Waals surface area (Å²) in [6, 6.07) is 19.0. The SMILES string of the molecule is Oc1cc2ccccc2n1O.c1ccc2[nH]ccc2c1. The summed E-state index contributed by atoms with van der Waals surface area (Å²) in [5.74, 6) is -0.133. The molecule has 4 heteroatoms. The molecule has 0 amide bonds. The maximum absolute atomic E-state index is 9.16. The molecule has 0 aliphatic rings. The molecule has 0 saturated carbocycles. The third-order valence-electron chi connectivity index (χ3n) is 3.13. The number of aromatic hydroxyl groups is 1. The van der Waals surface area contributed by atoms with Gasteiger partial charge in [0.15, 0.2) is 0 Å². The Kier molecular flexibility index (Phi) is 3.05. The van der Waals surface area contributed by atoms with Gasteiger partial charge in [0.25, 0.3) is 0 Å². The molecular formula is C16H14N2O2. The van der Waals surface area contributed by atoms with Crippen molar-refractivity contribution in [1.29, 1.82) is 0 Å². The van der Waals surface area contributed by atoms with Crippen LogP contribution in [-0.2, 0) is 0 Å². The van der Waals surface area contributed by atoms with Crippen LogP contribution in [-0.4, -0.2) is 20.0 Å². The zero-order chi connectivity index (χ0) is 13.9. The van der Waals surface area contributed by atoms with Crippen molar-refractivity contribution in [2.75, 3.05) is 0 Å². The van der Waals surface area contributed by atoms with Gasteiger partial charge in [0.05, 0.1) is 5.52 Å². The molecule has 4 aromatic rings. The van der Waals surface area contributed by atoms with Gasteiger partial charge in [-0.3, -0.25) is 0 Å². The van der Waals surface area contributed by atoms with Gasteiger partial charge in [0.2, 0.25) is 5.88 Å². The van der Waals surface area contributed by atoms with E-state index in [-0.39, 0.29) is 5.88 Å². The molecule has 0 atom stereocenters. The van der Waals surface area contributed by atoms with Crippen molar-refractivity contribution < 1.29 is 10.3 Å². The van der Waals surface area contributed by atoms with Gasteiger partial charge in [-0.2, -0.15) is 4.73 Å². The van der Waals surface area contributed by atoms with Crippen molar-refractivity contribution in [3.05, 3.63) is 66.9 Å². The largest absolute Gasteiger partial charge is 0.492 e. The summed E-state index contributed by atoms with van der Waals surface area (Å²) in [6.07, 6.45) is 1.95. The third kappa shape index (κ3) is 2.19. The molecule has 3 N–H and O–H groups in total. The molecule has 0 radical (unpaired) electrons. The van der Waals surface area contributed by atoms with Crippen LogP contribution in [0.15, 0.2) is 66.9 Å². The number of nitrogens with one attached hydrogen (secondary N) is 1. The lowest BCUT2D eigenvalue weighted by molar-refractivity contribution is 0.167. The van der Waals surface area contributed by atoms with Crippen LogP contribution in [0.4, 0.5) is 0 Å². The predicted octanol–water partition coefficient (Wildman–Crippen LogP) is 3.75. The van der Waals surface area contributed by atoms with Crippen LogP contribution in [0.25, 0.3) is 21.8 Å². The van der Waals surface area contributed by atoms with Crippen LogP contribution in [0.1, 0.15) is 0 Å². The number of aromatic nitrogens is 2. The minimum absolute atomic E-state index is 0.133. The molecule has 4 rings (SSSR count). The Labute approximate surface area is 115 Å². The van der Waals surface area contributed by atoms with Crippen molar-refractivity contribution >= 4 is 21.8 Å². The van der Waals surface area contributed by atoms with Crippen molar-refractivity contribution in [3.8, 4) is 5.88 Å². The van der Waals surface area contributed by atoms with E-state index in [2.05, 4.69) is 23.2 Å². The Morgan fingerprint density at radius 3 is 2.30 bits per heavy atom. The van der Waals surface area contributed by atoms with Crippen molar-refractivity contribution in [1.82, 2.24) is 9.71 Å². The second-order valence-corrected chi connectivity index (χ2v) is 4.44. The van der Waals surface area contributed by atoms with E-state index in [1.807, 2.05) is 30.5 Å². The molecule has 0 aliphatic heterocycles. The van der Waals surface area contributed by atoms with Gasteiger partial charge in [-0.1, -0.05) is 36.4 Å². The maximum atomic E-state index is 9.16. The maximum Gasteiger partial charge on any atom is 0.225 e. The van der Waals surface area contributed by atoms with E-state index < -0.39 is 0 Å². The zero-order valence-electron chi connectivity index (χ0n) is 10.7. The fourth-order valence-electron chi connectivity index (χ4n) is 2.12. The van der Waals surface area contributed by atoms with E-state index in [0.717, 1.165) is 10.1 Å². The molecule has 2 heterocycles. The zero-order valence-corrected chi connectivity index (χ0v) is 10.7. The van der Waals surface area contributed by atoms with Crippen molar-refractivity contribution in [2.24, 2.45) is 0 Å². The Hall–Kier alpha value is -2.88. The van der Waals surface area contributed by atoms with Gasteiger partial charge in [-0.15, -0.1) is 0 Å². The number of benzene rings is 2. The fourth-order valence-corrected chi connectivity index (χ4v) is 2.12. The molecule has 0 aliphatic carbocycles. The molecular weight excluding hydrogens is 252 g/mol. The van der Waals surface area contributed by atoms with Crippen LogP contribution in [0.3, 0.4) is 0 Å². The Morgan fingerprint density at radius 2 is 1.55 bits per heavy atom. The summed E-state index contributed by atoms with van der Waals surface area (Å²) in [4.78, 5) is 3.12. The van der Waals surface area contributed by atoms with Gasteiger partial charge in [0.1, 0.15) is 0 Å². The number of hydrogen-bond donors (Lipinski definition) is 3. The molecule has 0 spiro atoms. The second-order valence-electron chi connectivity index (χ2n) is 4.44. The summed E-state index contributed by atoms with van der Waals surface area (Å²) >= 11 is 0. The summed E-state index contributed by atoms with van der Waals surface area (Å²) in [5.41, 5.74) is 1.82. The highest BCUT2D eigenvalue weighted by Gasteiger charge is 2.03. The molecule has 0 saturated heterocycles. The fraction of sp³-hybridized carbons (Fsp3) is 0. The van der Waals surface area contributed by atoms with E-state index in [1.54, 1.807) is 12.1 Å². The summed E-state index contributed by atoms with van der Waals surface area (Å²) in [5, 5.41) is 20.3. The van der Waals surface area contributed by atoms with Crippen LogP contribution < -0.4 is 0 Å². The molecule has 0 bridgehead atoms. The van der Waals surface area contributed by atoms with E-state index in [0.29, 0.717) is 5.52 Å². The summed E-state index contributed by atoms with van der Waals surface area (Å²) < 4.78 is 0.759. The number of para-hydroxylation sites is 2. The molecule has 20 heavy (non-hydrogen) atoms. The second kappa shape index (κ2) is 5.01. The minimum atomic E-state index is -0.133. The van der Waals surface area contributed by atoms with Crippen LogP contribution in [0.2, 0.25) is 0 Å². The van der Waals surface area contributed by atoms with Gasteiger partial charge in [-0.05, 0) is 23.6 Å². The highest BCUT2D eigenvalue weighted by molar-refractivity contribution is 5.81.